The maximum Gasteiger partial charge on any atom is 0.0147 e. The van der Waals surface area contributed by atoms with Gasteiger partial charge in [-0.1, -0.05) is 22.6 Å². The van der Waals surface area contributed by atoms with E-state index in [0.717, 1.165) is 17.3 Å². The fraction of sp³-hybridized carbons (Fsp3) is 1.00. The molecule has 2 atom stereocenters. The summed E-state index contributed by atoms with van der Waals surface area (Å²) in [6, 6.07) is 0.649. The Morgan fingerprint density at radius 2 is 1.89 bits per heavy atom. The molecule has 0 saturated heterocycles. The number of hydrogen-bond donors (Lipinski definition) is 2. The molecule has 0 amide bonds. The van der Waals surface area contributed by atoms with E-state index in [0.29, 0.717) is 12.1 Å². The molecule has 0 aromatic carbocycles. The van der Waals surface area contributed by atoms with Crippen molar-refractivity contribution in [1.82, 2.24) is 0 Å². The zero-order valence-corrected chi connectivity index (χ0v) is 7.97. The average molecular weight is 242 g/mol. The van der Waals surface area contributed by atoms with Crippen molar-refractivity contribution in [2.75, 3.05) is 4.43 Å². The lowest BCUT2D eigenvalue weighted by atomic mass is 10.1. The van der Waals surface area contributed by atoms with E-state index in [1.165, 1.54) is 0 Å². The summed E-state index contributed by atoms with van der Waals surface area (Å²) in [4.78, 5) is 0. The Morgan fingerprint density at radius 3 is 2.22 bits per heavy atom. The summed E-state index contributed by atoms with van der Waals surface area (Å²) >= 11 is 2.29. The van der Waals surface area contributed by atoms with Crippen LogP contribution in [0.4, 0.5) is 0 Å². The van der Waals surface area contributed by atoms with Crippen LogP contribution in [0.25, 0.3) is 0 Å². The minimum atomic E-state index is 0.305. The van der Waals surface area contributed by atoms with Crippen LogP contribution < -0.4 is 11.5 Å². The van der Waals surface area contributed by atoms with Gasteiger partial charge in [-0.05, 0) is 19.8 Å². The Morgan fingerprint density at radius 1 is 1.33 bits per heavy atom. The molecule has 4 N–H and O–H groups in total. The Hall–Kier alpha value is 0.650. The molecule has 0 heterocycles. The topological polar surface area (TPSA) is 52.0 Å². The molecule has 0 rings (SSSR count). The lowest BCUT2D eigenvalue weighted by Crippen LogP contribution is -2.25. The standard InChI is InChI=1S/C6H15IN2/c1-5(8)2-3-6(9)4-7/h5-6H,2-4,8-9H2,1H3/t5?,6-/m0/s1. The second kappa shape index (κ2) is 5.44. The minimum absolute atomic E-state index is 0.305. The van der Waals surface area contributed by atoms with Gasteiger partial charge in [-0.3, -0.25) is 0 Å². The van der Waals surface area contributed by atoms with Crippen LogP contribution in [0.5, 0.6) is 0 Å². The molecule has 0 bridgehead atoms. The van der Waals surface area contributed by atoms with Crippen molar-refractivity contribution in [2.24, 2.45) is 11.5 Å². The summed E-state index contributed by atoms with van der Waals surface area (Å²) in [5.74, 6) is 0. The summed E-state index contributed by atoms with van der Waals surface area (Å²) < 4.78 is 1.03. The van der Waals surface area contributed by atoms with E-state index >= 15 is 0 Å². The third-order valence-electron chi connectivity index (χ3n) is 1.19. The molecule has 0 aliphatic heterocycles. The van der Waals surface area contributed by atoms with Crippen LogP contribution in [0, 0.1) is 0 Å². The molecule has 0 radical (unpaired) electrons. The van der Waals surface area contributed by atoms with Crippen LogP contribution in [0.2, 0.25) is 0 Å². The number of halogens is 1. The molecule has 56 valence electrons. The van der Waals surface area contributed by atoms with Gasteiger partial charge in [-0.25, -0.2) is 0 Å². The molecule has 0 spiro atoms. The highest BCUT2D eigenvalue weighted by Gasteiger charge is 2.00. The van der Waals surface area contributed by atoms with E-state index in [-0.39, 0.29) is 0 Å². The minimum Gasteiger partial charge on any atom is -0.328 e. The van der Waals surface area contributed by atoms with E-state index in [9.17, 15) is 0 Å². The Balaban J connectivity index is 3.06. The molecule has 9 heavy (non-hydrogen) atoms. The van der Waals surface area contributed by atoms with Gasteiger partial charge >= 0.3 is 0 Å². The van der Waals surface area contributed by atoms with Gasteiger partial charge in [0.25, 0.3) is 0 Å². The Labute approximate surface area is 70.5 Å². The first kappa shape index (κ1) is 9.65. The molecule has 0 aromatic heterocycles. The second-order valence-electron chi connectivity index (χ2n) is 2.47. The lowest BCUT2D eigenvalue weighted by molar-refractivity contribution is 0.572. The van der Waals surface area contributed by atoms with E-state index in [4.69, 9.17) is 11.5 Å². The molecular formula is C6H15IN2. The fourth-order valence-corrected chi connectivity index (χ4v) is 0.995. The van der Waals surface area contributed by atoms with Crippen molar-refractivity contribution in [3.63, 3.8) is 0 Å². The highest BCUT2D eigenvalue weighted by Crippen LogP contribution is 1.99. The molecule has 0 aromatic rings. The van der Waals surface area contributed by atoms with Gasteiger partial charge in [0.1, 0.15) is 0 Å². The van der Waals surface area contributed by atoms with Gasteiger partial charge in [-0.2, -0.15) is 0 Å². The normalized spacial score (nSPS) is 17.3. The molecule has 0 fully saturated rings. The molecule has 1 unspecified atom stereocenters. The highest BCUT2D eigenvalue weighted by atomic mass is 127. The Kier molecular flexibility index (Phi) is 5.83. The quantitative estimate of drug-likeness (QED) is 0.567. The predicted octanol–water partition coefficient (Wildman–Crippen LogP) is 0.876. The lowest BCUT2D eigenvalue weighted by Gasteiger charge is -2.08. The summed E-state index contributed by atoms with van der Waals surface area (Å²) in [6.45, 7) is 2.01. The molecule has 0 aliphatic carbocycles. The van der Waals surface area contributed by atoms with Crippen LogP contribution in [-0.2, 0) is 0 Å². The van der Waals surface area contributed by atoms with Gasteiger partial charge in [0.15, 0.2) is 0 Å². The van der Waals surface area contributed by atoms with Crippen molar-refractivity contribution in [3.05, 3.63) is 0 Å². The first-order valence-corrected chi connectivity index (χ1v) is 4.76. The number of hydrogen-bond acceptors (Lipinski definition) is 2. The van der Waals surface area contributed by atoms with Crippen LogP contribution in [0.1, 0.15) is 19.8 Å². The number of rotatable bonds is 4. The zero-order valence-electron chi connectivity index (χ0n) is 5.81. The monoisotopic (exact) mass is 242 g/mol. The van der Waals surface area contributed by atoms with E-state index < -0.39 is 0 Å². The largest absolute Gasteiger partial charge is 0.328 e. The van der Waals surface area contributed by atoms with Crippen LogP contribution in [-0.4, -0.2) is 16.5 Å². The third-order valence-corrected chi connectivity index (χ3v) is 2.32. The summed E-state index contributed by atoms with van der Waals surface area (Å²) in [7, 11) is 0. The van der Waals surface area contributed by atoms with Crippen molar-refractivity contribution >= 4 is 22.6 Å². The fourth-order valence-electron chi connectivity index (χ4n) is 0.554. The summed E-state index contributed by atoms with van der Waals surface area (Å²) in [5, 5.41) is 0. The molecule has 2 nitrogen and oxygen atoms in total. The van der Waals surface area contributed by atoms with Gasteiger partial charge in [0.05, 0.1) is 0 Å². The van der Waals surface area contributed by atoms with Gasteiger partial charge < -0.3 is 11.5 Å². The maximum atomic E-state index is 5.66. The number of alkyl halides is 1. The smallest absolute Gasteiger partial charge is 0.0147 e. The molecule has 0 aliphatic rings. The van der Waals surface area contributed by atoms with Gasteiger partial charge in [-0.15, -0.1) is 0 Å². The molecule has 3 heteroatoms. The van der Waals surface area contributed by atoms with Crippen molar-refractivity contribution < 1.29 is 0 Å². The number of nitrogens with two attached hydrogens (primary N) is 2. The van der Waals surface area contributed by atoms with Crippen molar-refractivity contribution in [2.45, 2.75) is 31.8 Å². The van der Waals surface area contributed by atoms with Gasteiger partial charge in [0.2, 0.25) is 0 Å². The third kappa shape index (κ3) is 6.54. The van der Waals surface area contributed by atoms with Crippen molar-refractivity contribution in [3.8, 4) is 0 Å². The van der Waals surface area contributed by atoms with Crippen LogP contribution >= 0.6 is 22.6 Å². The molecule has 0 saturated carbocycles. The zero-order chi connectivity index (χ0) is 7.28. The summed E-state index contributed by atoms with van der Waals surface area (Å²) in [6.07, 6.45) is 2.10. The predicted molar refractivity (Wildman–Crippen MR) is 49.7 cm³/mol. The van der Waals surface area contributed by atoms with Crippen LogP contribution in [0.3, 0.4) is 0 Å². The highest BCUT2D eigenvalue weighted by molar-refractivity contribution is 14.1. The van der Waals surface area contributed by atoms with Crippen LogP contribution in [0.15, 0.2) is 0 Å². The van der Waals surface area contributed by atoms with Crippen molar-refractivity contribution in [1.29, 1.82) is 0 Å². The SMILES string of the molecule is CC(N)CC[C@H](N)CI. The summed E-state index contributed by atoms with van der Waals surface area (Å²) in [5.41, 5.74) is 11.2. The molecular weight excluding hydrogens is 227 g/mol. The first-order chi connectivity index (χ1) is 4.16. The first-order valence-electron chi connectivity index (χ1n) is 3.24. The average Bonchev–Trinajstić information content (AvgIpc) is 1.83. The van der Waals surface area contributed by atoms with E-state index in [1.807, 2.05) is 6.92 Å². The Bertz CT molecular complexity index is 66.1. The van der Waals surface area contributed by atoms with Gasteiger partial charge in [0, 0.05) is 16.5 Å². The van der Waals surface area contributed by atoms with E-state index in [1.54, 1.807) is 0 Å². The van der Waals surface area contributed by atoms with E-state index in [2.05, 4.69) is 22.6 Å². The maximum absolute atomic E-state index is 5.66. The second-order valence-corrected chi connectivity index (χ2v) is 3.35.